The van der Waals surface area contributed by atoms with Crippen molar-refractivity contribution in [2.75, 3.05) is 7.11 Å². The summed E-state index contributed by atoms with van der Waals surface area (Å²) in [5, 5.41) is 21.4. The quantitative estimate of drug-likeness (QED) is 0.669. The molecule has 22 heavy (non-hydrogen) atoms. The summed E-state index contributed by atoms with van der Waals surface area (Å²) in [6.45, 7) is 0. The van der Waals surface area contributed by atoms with Gasteiger partial charge in [-0.15, -0.1) is 0 Å². The van der Waals surface area contributed by atoms with Crippen LogP contribution >= 0.6 is 11.6 Å². The predicted molar refractivity (Wildman–Crippen MR) is 84.8 cm³/mol. The Morgan fingerprint density at radius 1 is 1.32 bits per heavy atom. The summed E-state index contributed by atoms with van der Waals surface area (Å²) in [5.41, 5.74) is 1.04. The van der Waals surface area contributed by atoms with E-state index in [0.29, 0.717) is 16.3 Å². The van der Waals surface area contributed by atoms with Gasteiger partial charge in [0, 0.05) is 16.7 Å². The zero-order valence-corrected chi connectivity index (χ0v) is 12.6. The average Bonchev–Trinajstić information content (AvgIpc) is 2.50. The second-order valence-corrected chi connectivity index (χ2v) is 5.06. The second kappa shape index (κ2) is 6.95. The van der Waals surface area contributed by atoms with Crippen LogP contribution in [0.15, 0.2) is 48.2 Å². The molecule has 6 heteroatoms. The lowest BCUT2D eigenvalue weighted by Crippen LogP contribution is -2.02. The number of rotatable bonds is 5. The molecule has 0 spiro atoms. The Kier molecular flexibility index (Phi) is 5.01. The van der Waals surface area contributed by atoms with Crippen LogP contribution in [0.3, 0.4) is 0 Å². The van der Waals surface area contributed by atoms with Crippen molar-refractivity contribution in [1.29, 1.82) is 0 Å². The standard InChI is InChI=1S/C16H14ClNO4/c1-22-15-5-2-11(3-6-15)8-14(18(20)21)10-12-9-13(17)4-7-16(12)19/h2-7,9-10,19H,8H2,1H3/b14-10+. The second-order valence-electron chi connectivity index (χ2n) is 4.62. The van der Waals surface area contributed by atoms with E-state index >= 15 is 0 Å². The topological polar surface area (TPSA) is 72.6 Å². The Balaban J connectivity index is 2.31. The number of nitro groups is 1. The SMILES string of the molecule is COc1ccc(C/C(=C\c2cc(Cl)ccc2O)[N+](=O)[O-])cc1. The Morgan fingerprint density at radius 2 is 2.00 bits per heavy atom. The summed E-state index contributed by atoms with van der Waals surface area (Å²) in [6.07, 6.45) is 1.45. The first kappa shape index (κ1) is 15.9. The number of halogens is 1. The zero-order valence-electron chi connectivity index (χ0n) is 11.8. The van der Waals surface area contributed by atoms with Crippen molar-refractivity contribution in [2.24, 2.45) is 0 Å². The summed E-state index contributed by atoms with van der Waals surface area (Å²) < 4.78 is 5.05. The molecule has 0 unspecified atom stereocenters. The van der Waals surface area contributed by atoms with Crippen molar-refractivity contribution in [1.82, 2.24) is 0 Å². The van der Waals surface area contributed by atoms with Gasteiger partial charge in [-0.2, -0.15) is 0 Å². The molecular formula is C16H14ClNO4. The van der Waals surface area contributed by atoms with Gasteiger partial charge in [0.05, 0.1) is 18.5 Å². The Labute approximate surface area is 132 Å². The minimum absolute atomic E-state index is 0.0391. The first-order chi connectivity index (χ1) is 10.5. The molecule has 0 aromatic heterocycles. The van der Waals surface area contributed by atoms with Crippen LogP contribution in [0.1, 0.15) is 11.1 Å². The molecule has 0 heterocycles. The van der Waals surface area contributed by atoms with E-state index in [1.54, 1.807) is 31.4 Å². The van der Waals surface area contributed by atoms with Crippen LogP contribution in [-0.4, -0.2) is 17.1 Å². The lowest BCUT2D eigenvalue weighted by molar-refractivity contribution is -0.425. The Morgan fingerprint density at radius 3 is 2.59 bits per heavy atom. The zero-order chi connectivity index (χ0) is 16.1. The molecule has 114 valence electrons. The molecule has 0 saturated carbocycles. The maximum Gasteiger partial charge on any atom is 0.251 e. The molecule has 0 amide bonds. The number of phenols is 1. The van der Waals surface area contributed by atoms with E-state index in [2.05, 4.69) is 0 Å². The number of nitrogens with zero attached hydrogens (tertiary/aromatic N) is 1. The van der Waals surface area contributed by atoms with E-state index in [4.69, 9.17) is 16.3 Å². The molecular weight excluding hydrogens is 306 g/mol. The van der Waals surface area contributed by atoms with Gasteiger partial charge in [-0.25, -0.2) is 0 Å². The van der Waals surface area contributed by atoms with Gasteiger partial charge in [-0.1, -0.05) is 23.7 Å². The Bertz CT molecular complexity index is 711. The fraction of sp³-hybridized carbons (Fsp3) is 0.125. The summed E-state index contributed by atoms with van der Waals surface area (Å²) in [7, 11) is 1.55. The van der Waals surface area contributed by atoms with Crippen LogP contribution in [0.4, 0.5) is 0 Å². The summed E-state index contributed by atoms with van der Waals surface area (Å²) in [6, 6.07) is 11.4. The highest BCUT2D eigenvalue weighted by molar-refractivity contribution is 6.30. The largest absolute Gasteiger partial charge is 0.507 e. The van der Waals surface area contributed by atoms with Crippen molar-refractivity contribution in [3.8, 4) is 11.5 Å². The first-order valence-electron chi connectivity index (χ1n) is 6.46. The molecule has 0 atom stereocenters. The van der Waals surface area contributed by atoms with Gasteiger partial charge in [0.2, 0.25) is 0 Å². The maximum absolute atomic E-state index is 11.2. The number of allylic oxidation sites excluding steroid dienone is 1. The van der Waals surface area contributed by atoms with Crippen LogP contribution in [-0.2, 0) is 6.42 Å². The van der Waals surface area contributed by atoms with E-state index in [9.17, 15) is 15.2 Å². The van der Waals surface area contributed by atoms with Crippen molar-refractivity contribution >= 4 is 17.7 Å². The lowest BCUT2D eigenvalue weighted by atomic mass is 10.1. The number of aromatic hydroxyl groups is 1. The molecule has 0 radical (unpaired) electrons. The average molecular weight is 320 g/mol. The van der Waals surface area contributed by atoms with Gasteiger partial charge in [-0.05, 0) is 35.9 Å². The molecule has 0 bridgehead atoms. The minimum atomic E-state index is -0.468. The van der Waals surface area contributed by atoms with E-state index in [1.165, 1.54) is 24.3 Å². The van der Waals surface area contributed by atoms with Crippen molar-refractivity contribution in [3.63, 3.8) is 0 Å². The summed E-state index contributed by atoms with van der Waals surface area (Å²) in [5.74, 6) is 0.626. The number of phenolic OH excluding ortho intramolecular Hbond substituents is 1. The van der Waals surface area contributed by atoms with Crippen molar-refractivity contribution in [3.05, 3.63) is 74.4 Å². The van der Waals surface area contributed by atoms with Crippen LogP contribution in [0.5, 0.6) is 11.5 Å². The lowest BCUT2D eigenvalue weighted by Gasteiger charge is -2.04. The normalized spacial score (nSPS) is 11.3. The number of benzene rings is 2. The highest BCUT2D eigenvalue weighted by atomic mass is 35.5. The summed E-state index contributed by atoms with van der Waals surface area (Å²) >= 11 is 5.85. The molecule has 2 aromatic carbocycles. The fourth-order valence-electron chi connectivity index (χ4n) is 1.94. The molecule has 2 rings (SSSR count). The summed E-state index contributed by atoms with van der Waals surface area (Å²) in [4.78, 5) is 10.8. The van der Waals surface area contributed by atoms with Gasteiger partial charge < -0.3 is 9.84 Å². The molecule has 0 saturated heterocycles. The third kappa shape index (κ3) is 3.99. The highest BCUT2D eigenvalue weighted by Gasteiger charge is 2.14. The third-order valence-corrected chi connectivity index (χ3v) is 3.33. The molecule has 0 aliphatic carbocycles. The van der Waals surface area contributed by atoms with Gasteiger partial charge in [0.25, 0.3) is 5.70 Å². The van der Waals surface area contributed by atoms with E-state index in [1.807, 2.05) is 0 Å². The van der Waals surface area contributed by atoms with Gasteiger partial charge in [-0.3, -0.25) is 10.1 Å². The number of hydrogen-bond donors (Lipinski definition) is 1. The Hall–Kier alpha value is -2.53. The molecule has 1 N–H and O–H groups in total. The first-order valence-corrected chi connectivity index (χ1v) is 6.84. The number of hydrogen-bond acceptors (Lipinski definition) is 4. The third-order valence-electron chi connectivity index (χ3n) is 3.09. The van der Waals surface area contributed by atoms with Crippen LogP contribution < -0.4 is 4.74 Å². The van der Waals surface area contributed by atoms with Gasteiger partial charge >= 0.3 is 0 Å². The van der Waals surface area contributed by atoms with E-state index in [0.717, 1.165) is 5.56 Å². The molecule has 0 aliphatic rings. The smallest absolute Gasteiger partial charge is 0.251 e. The maximum atomic E-state index is 11.2. The van der Waals surface area contributed by atoms with E-state index in [-0.39, 0.29) is 17.9 Å². The minimum Gasteiger partial charge on any atom is -0.507 e. The van der Waals surface area contributed by atoms with Gasteiger partial charge in [0.1, 0.15) is 11.5 Å². The van der Waals surface area contributed by atoms with Crippen LogP contribution in [0.2, 0.25) is 5.02 Å². The van der Waals surface area contributed by atoms with E-state index < -0.39 is 4.92 Å². The van der Waals surface area contributed by atoms with Crippen molar-refractivity contribution < 1.29 is 14.8 Å². The predicted octanol–water partition coefficient (Wildman–Crippen LogP) is 3.91. The molecule has 5 nitrogen and oxygen atoms in total. The van der Waals surface area contributed by atoms with Crippen LogP contribution in [0, 0.1) is 10.1 Å². The fourth-order valence-corrected chi connectivity index (χ4v) is 2.12. The highest BCUT2D eigenvalue weighted by Crippen LogP contribution is 2.25. The van der Waals surface area contributed by atoms with Crippen LogP contribution in [0.25, 0.3) is 6.08 Å². The van der Waals surface area contributed by atoms with Gasteiger partial charge in [0.15, 0.2) is 0 Å². The molecule has 2 aromatic rings. The molecule has 0 fully saturated rings. The number of methoxy groups -OCH3 is 1. The monoisotopic (exact) mass is 319 g/mol. The van der Waals surface area contributed by atoms with Crippen molar-refractivity contribution in [2.45, 2.75) is 6.42 Å². The number of ether oxygens (including phenoxy) is 1. The molecule has 0 aliphatic heterocycles.